The van der Waals surface area contributed by atoms with Crippen molar-refractivity contribution in [3.63, 3.8) is 0 Å². The van der Waals surface area contributed by atoms with Crippen LogP contribution >= 0.6 is 0 Å². The van der Waals surface area contributed by atoms with Crippen LogP contribution in [0.5, 0.6) is 11.8 Å². The molecule has 4 aromatic rings. The molecule has 3 atom stereocenters. The van der Waals surface area contributed by atoms with E-state index in [-0.39, 0.29) is 63.8 Å². The molecule has 3 aliphatic heterocycles. The first kappa shape index (κ1) is 28.6. The molecule has 0 unspecified atom stereocenters. The number of benzene rings is 2. The van der Waals surface area contributed by atoms with Gasteiger partial charge in [0.1, 0.15) is 47.0 Å². The van der Waals surface area contributed by atoms with Gasteiger partial charge in [-0.25, -0.2) is 17.6 Å². The number of hydrogen-bond acceptors (Lipinski definition) is 7. The average molecular weight is 606 g/mol. The van der Waals surface area contributed by atoms with E-state index >= 15 is 8.78 Å². The summed E-state index contributed by atoms with van der Waals surface area (Å²) in [7, 11) is 0. The number of aromatic nitrogens is 3. The van der Waals surface area contributed by atoms with Crippen molar-refractivity contribution in [2.45, 2.75) is 56.4 Å². The van der Waals surface area contributed by atoms with E-state index in [0.29, 0.717) is 37.7 Å². The zero-order chi connectivity index (χ0) is 30.8. The topological polar surface area (TPSA) is 74.6 Å². The number of rotatable bonds is 5. The van der Waals surface area contributed by atoms with Crippen LogP contribution in [0, 0.1) is 24.0 Å². The lowest BCUT2D eigenvalue weighted by molar-refractivity contribution is 0.107. The van der Waals surface area contributed by atoms with Gasteiger partial charge in [0.15, 0.2) is 5.82 Å². The summed E-state index contributed by atoms with van der Waals surface area (Å²) in [6.07, 6.45) is 9.04. The molecular formula is C33H31F4N5O2. The monoisotopic (exact) mass is 605 g/mol. The fourth-order valence-electron chi connectivity index (χ4n) is 7.29. The second-order valence-electron chi connectivity index (χ2n) is 12.5. The molecule has 5 heterocycles. The maximum Gasteiger partial charge on any atom is 0.319 e. The normalized spacial score (nSPS) is 25.5. The third-order valence-electron chi connectivity index (χ3n) is 9.27. The number of anilines is 1. The first-order valence-corrected chi connectivity index (χ1v) is 14.8. The number of fused-ring (bicyclic) bond motifs is 3. The minimum absolute atomic E-state index is 0.0329. The van der Waals surface area contributed by atoms with E-state index in [2.05, 4.69) is 25.8 Å². The predicted molar refractivity (Wildman–Crippen MR) is 159 cm³/mol. The highest BCUT2D eigenvalue weighted by Crippen LogP contribution is 2.42. The molecule has 44 heavy (non-hydrogen) atoms. The van der Waals surface area contributed by atoms with E-state index in [9.17, 15) is 13.9 Å². The number of terminal acetylenes is 1. The van der Waals surface area contributed by atoms with Crippen LogP contribution in [0.15, 0.2) is 30.5 Å². The summed E-state index contributed by atoms with van der Waals surface area (Å²) in [5, 5.41) is 11.3. The van der Waals surface area contributed by atoms with Crippen molar-refractivity contribution in [2.24, 2.45) is 0 Å². The summed E-state index contributed by atoms with van der Waals surface area (Å²) >= 11 is 0. The Kier molecular flexibility index (Phi) is 6.81. The summed E-state index contributed by atoms with van der Waals surface area (Å²) in [5.41, 5.74) is -2.32. The third-order valence-corrected chi connectivity index (χ3v) is 9.27. The lowest BCUT2D eigenvalue weighted by Crippen LogP contribution is -2.44. The molecule has 1 N–H and O–H groups in total. The van der Waals surface area contributed by atoms with Crippen LogP contribution in [-0.4, -0.2) is 75.1 Å². The van der Waals surface area contributed by atoms with Crippen LogP contribution in [0.3, 0.4) is 0 Å². The fourth-order valence-corrected chi connectivity index (χ4v) is 7.29. The zero-order valence-electron chi connectivity index (χ0n) is 24.2. The molecule has 0 radical (unpaired) electrons. The maximum absolute atomic E-state index is 16.7. The van der Waals surface area contributed by atoms with E-state index in [1.54, 1.807) is 4.90 Å². The second-order valence-corrected chi connectivity index (χ2v) is 12.5. The number of aromatic hydroxyl groups is 1. The van der Waals surface area contributed by atoms with Gasteiger partial charge in [-0.3, -0.25) is 9.88 Å². The predicted octanol–water partition coefficient (Wildman–Crippen LogP) is 6.09. The van der Waals surface area contributed by atoms with Crippen molar-refractivity contribution in [3.8, 4) is 35.4 Å². The molecular weight excluding hydrogens is 574 g/mol. The van der Waals surface area contributed by atoms with Crippen molar-refractivity contribution < 1.29 is 27.4 Å². The maximum atomic E-state index is 16.7. The Labute approximate surface area is 251 Å². The van der Waals surface area contributed by atoms with Crippen LogP contribution in [0.2, 0.25) is 0 Å². The Bertz CT molecular complexity index is 1840. The Morgan fingerprint density at radius 2 is 1.98 bits per heavy atom. The number of ether oxygens (including phenoxy) is 1. The standard InChI is InChI=1S/C33H31F4N5O2/c1-3-22-25(35)7-6-19-12-21(43)13-23(26(19)22)28-27(36)29-24(15-38-28)30(41-10-4-8-32(2,37)17-41)40-31(39-29)44-18-33-9-5-11-42(33)16-20(34)14-33/h1,6-7,12-13,15,20,43H,4-5,8-11,14,16-18H2,2H3/t20-,32+,33+/m1/s1. The van der Waals surface area contributed by atoms with Crippen molar-refractivity contribution in [2.75, 3.05) is 37.7 Å². The Morgan fingerprint density at radius 3 is 2.77 bits per heavy atom. The van der Waals surface area contributed by atoms with E-state index in [1.807, 2.05) is 0 Å². The lowest BCUT2D eigenvalue weighted by Gasteiger charge is -2.36. The van der Waals surface area contributed by atoms with Crippen molar-refractivity contribution in [1.82, 2.24) is 19.9 Å². The summed E-state index contributed by atoms with van der Waals surface area (Å²) < 4.78 is 67.1. The van der Waals surface area contributed by atoms with Gasteiger partial charge < -0.3 is 14.7 Å². The molecule has 3 saturated heterocycles. The van der Waals surface area contributed by atoms with E-state index < -0.39 is 29.0 Å². The van der Waals surface area contributed by atoms with Gasteiger partial charge in [0.25, 0.3) is 0 Å². The van der Waals surface area contributed by atoms with Crippen LogP contribution < -0.4 is 9.64 Å². The molecule has 0 aliphatic carbocycles. The minimum Gasteiger partial charge on any atom is -0.508 e. The molecule has 3 fully saturated rings. The van der Waals surface area contributed by atoms with Crippen molar-refractivity contribution >= 4 is 27.5 Å². The molecule has 0 saturated carbocycles. The first-order chi connectivity index (χ1) is 21.1. The molecule has 0 spiro atoms. The molecule has 3 aliphatic rings. The summed E-state index contributed by atoms with van der Waals surface area (Å²) in [4.78, 5) is 17.3. The number of phenols is 1. The molecule has 7 rings (SSSR count). The average Bonchev–Trinajstić information content (AvgIpc) is 3.51. The van der Waals surface area contributed by atoms with Gasteiger partial charge in [0, 0.05) is 36.7 Å². The number of piperidine rings is 1. The zero-order valence-corrected chi connectivity index (χ0v) is 24.2. The number of phenolic OH excluding ortho intramolecular Hbond substituents is 1. The molecule has 11 heteroatoms. The van der Waals surface area contributed by atoms with Crippen LogP contribution in [0.1, 0.15) is 44.6 Å². The number of hydrogen-bond donors (Lipinski definition) is 1. The lowest BCUT2D eigenvalue weighted by atomic mass is 9.95. The summed E-state index contributed by atoms with van der Waals surface area (Å²) in [5.74, 6) is 0.891. The van der Waals surface area contributed by atoms with Crippen molar-refractivity contribution in [1.29, 1.82) is 0 Å². The first-order valence-electron chi connectivity index (χ1n) is 14.8. The van der Waals surface area contributed by atoms with Crippen molar-refractivity contribution in [3.05, 3.63) is 47.7 Å². The van der Waals surface area contributed by atoms with Gasteiger partial charge in [-0.1, -0.05) is 12.0 Å². The highest BCUT2D eigenvalue weighted by molar-refractivity contribution is 6.03. The second kappa shape index (κ2) is 10.5. The van der Waals surface area contributed by atoms with Gasteiger partial charge >= 0.3 is 6.01 Å². The molecule has 2 aromatic carbocycles. The highest BCUT2D eigenvalue weighted by atomic mass is 19.1. The summed E-state index contributed by atoms with van der Waals surface area (Å²) in [6.45, 7) is 3.28. The van der Waals surface area contributed by atoms with Gasteiger partial charge in [-0.05, 0) is 62.7 Å². The molecule has 7 nitrogen and oxygen atoms in total. The quantitative estimate of drug-likeness (QED) is 0.218. The number of nitrogens with zero attached hydrogens (tertiary/aromatic N) is 5. The Morgan fingerprint density at radius 1 is 1.16 bits per heavy atom. The van der Waals surface area contributed by atoms with Gasteiger partial charge in [0.05, 0.1) is 23.0 Å². The largest absolute Gasteiger partial charge is 0.508 e. The summed E-state index contributed by atoms with van der Waals surface area (Å²) in [6, 6.07) is 5.20. The van der Waals surface area contributed by atoms with Crippen LogP contribution in [0.4, 0.5) is 23.4 Å². The Hall–Kier alpha value is -4.17. The van der Waals surface area contributed by atoms with E-state index in [0.717, 1.165) is 19.4 Å². The molecule has 0 amide bonds. The third kappa shape index (κ3) is 4.76. The van der Waals surface area contributed by atoms with Gasteiger partial charge in [-0.2, -0.15) is 9.97 Å². The SMILES string of the molecule is C#Cc1c(F)ccc2cc(O)cc(-c3ncc4c(N5CCC[C@](C)(F)C5)nc(OC[C@@]56CCCN5C[C@H](F)C6)nc4c3F)c12. The molecule has 2 aromatic heterocycles. The fraction of sp³-hybridized carbons (Fsp3) is 0.424. The number of pyridine rings is 1. The molecule has 228 valence electrons. The van der Waals surface area contributed by atoms with Gasteiger partial charge in [-0.15, -0.1) is 6.42 Å². The van der Waals surface area contributed by atoms with E-state index in [1.165, 1.54) is 37.4 Å². The highest BCUT2D eigenvalue weighted by Gasteiger charge is 2.49. The van der Waals surface area contributed by atoms with Crippen LogP contribution in [0.25, 0.3) is 32.9 Å². The van der Waals surface area contributed by atoms with Gasteiger partial charge in [0.2, 0.25) is 0 Å². The minimum atomic E-state index is -1.48. The molecule has 0 bridgehead atoms. The Balaban J connectivity index is 1.39. The van der Waals surface area contributed by atoms with Crippen LogP contribution in [-0.2, 0) is 0 Å². The smallest absolute Gasteiger partial charge is 0.319 e. The number of alkyl halides is 2. The number of halogens is 4. The van der Waals surface area contributed by atoms with E-state index in [4.69, 9.17) is 11.2 Å².